The number of nitrogens with one attached hydrogen (secondary N) is 1. The first-order valence-electron chi connectivity index (χ1n) is 8.28. The van der Waals surface area contributed by atoms with Crippen LogP contribution in [-0.2, 0) is 6.54 Å². The molecule has 0 radical (unpaired) electrons. The molecule has 0 aliphatic heterocycles. The molecule has 3 heteroatoms. The molecular formula is C21H26N2O. The second-order valence-electron chi connectivity index (χ2n) is 6.47. The lowest BCUT2D eigenvalue weighted by atomic mass is 10.1. The maximum Gasteiger partial charge on any atom is 0.251 e. The van der Waals surface area contributed by atoms with Gasteiger partial charge in [-0.05, 0) is 41.3 Å². The fraction of sp³-hybridized carbons (Fsp3) is 0.286. The molecule has 0 spiro atoms. The highest BCUT2D eigenvalue weighted by Crippen LogP contribution is 2.12. The Bertz CT molecular complexity index is 683. The number of anilines is 1. The van der Waals surface area contributed by atoms with Crippen molar-refractivity contribution in [1.29, 1.82) is 0 Å². The van der Waals surface area contributed by atoms with Crippen LogP contribution in [0.4, 0.5) is 5.69 Å². The van der Waals surface area contributed by atoms with E-state index in [2.05, 4.69) is 48.3 Å². The van der Waals surface area contributed by atoms with Crippen molar-refractivity contribution in [1.82, 2.24) is 5.32 Å². The quantitative estimate of drug-likeness (QED) is 0.857. The molecule has 2 rings (SSSR count). The number of nitrogens with zero attached hydrogens (tertiary/aromatic N) is 1. The van der Waals surface area contributed by atoms with E-state index in [1.807, 2.05) is 50.5 Å². The van der Waals surface area contributed by atoms with Gasteiger partial charge in [0.1, 0.15) is 0 Å². The smallest absolute Gasteiger partial charge is 0.251 e. The van der Waals surface area contributed by atoms with Crippen molar-refractivity contribution < 1.29 is 4.79 Å². The van der Waals surface area contributed by atoms with Gasteiger partial charge in [0.2, 0.25) is 0 Å². The summed E-state index contributed by atoms with van der Waals surface area (Å²) >= 11 is 0. The molecule has 24 heavy (non-hydrogen) atoms. The molecule has 3 nitrogen and oxygen atoms in total. The zero-order valence-electron chi connectivity index (χ0n) is 14.9. The van der Waals surface area contributed by atoms with E-state index in [0.29, 0.717) is 18.0 Å². The molecule has 0 fully saturated rings. The molecule has 0 atom stereocenters. The molecule has 0 aromatic heterocycles. The highest BCUT2D eigenvalue weighted by atomic mass is 16.1. The van der Waals surface area contributed by atoms with Gasteiger partial charge in [-0.2, -0.15) is 0 Å². The molecule has 1 amide bonds. The van der Waals surface area contributed by atoms with E-state index in [1.165, 1.54) is 0 Å². The number of amides is 1. The van der Waals surface area contributed by atoms with Gasteiger partial charge >= 0.3 is 0 Å². The summed E-state index contributed by atoms with van der Waals surface area (Å²) < 4.78 is 0. The van der Waals surface area contributed by atoms with E-state index in [9.17, 15) is 4.79 Å². The molecule has 0 saturated carbocycles. The monoisotopic (exact) mass is 322 g/mol. The zero-order valence-corrected chi connectivity index (χ0v) is 14.9. The van der Waals surface area contributed by atoms with Gasteiger partial charge in [-0.1, -0.05) is 50.3 Å². The molecule has 0 unspecified atom stereocenters. The van der Waals surface area contributed by atoms with Crippen LogP contribution in [0, 0.1) is 5.92 Å². The normalized spacial score (nSPS) is 11.0. The van der Waals surface area contributed by atoms with Crippen LogP contribution in [-0.4, -0.2) is 20.0 Å². The molecule has 0 aliphatic rings. The maximum absolute atomic E-state index is 12.2. The van der Waals surface area contributed by atoms with Crippen molar-refractivity contribution >= 4 is 17.7 Å². The van der Waals surface area contributed by atoms with Crippen LogP contribution < -0.4 is 10.2 Å². The molecule has 0 heterocycles. The van der Waals surface area contributed by atoms with Crippen LogP contribution in [0.3, 0.4) is 0 Å². The molecule has 126 valence electrons. The Morgan fingerprint density at radius 3 is 2.21 bits per heavy atom. The van der Waals surface area contributed by atoms with Crippen LogP contribution in [0.1, 0.15) is 35.3 Å². The summed E-state index contributed by atoms with van der Waals surface area (Å²) in [6.07, 6.45) is 4.23. The first kappa shape index (κ1) is 17.8. The van der Waals surface area contributed by atoms with Crippen LogP contribution in [0.25, 0.3) is 6.08 Å². The number of rotatable bonds is 6. The van der Waals surface area contributed by atoms with Gasteiger partial charge in [0.05, 0.1) is 0 Å². The number of benzene rings is 2. The summed E-state index contributed by atoms with van der Waals surface area (Å²) in [5.74, 6) is 0.470. The first-order chi connectivity index (χ1) is 11.5. The molecule has 2 aromatic carbocycles. The van der Waals surface area contributed by atoms with E-state index in [4.69, 9.17) is 0 Å². The summed E-state index contributed by atoms with van der Waals surface area (Å²) in [7, 11) is 4.02. The Kier molecular flexibility index (Phi) is 6.19. The minimum atomic E-state index is -0.0499. The molecule has 0 saturated heterocycles. The lowest BCUT2D eigenvalue weighted by Gasteiger charge is -2.13. The number of hydrogen-bond donors (Lipinski definition) is 1. The average molecular weight is 322 g/mol. The lowest BCUT2D eigenvalue weighted by molar-refractivity contribution is 0.0951. The third-order valence-electron chi connectivity index (χ3n) is 3.75. The van der Waals surface area contributed by atoms with Crippen molar-refractivity contribution in [2.45, 2.75) is 20.4 Å². The van der Waals surface area contributed by atoms with Gasteiger partial charge in [0.25, 0.3) is 5.91 Å². The Balaban J connectivity index is 1.92. The van der Waals surface area contributed by atoms with Crippen molar-refractivity contribution in [2.75, 3.05) is 19.0 Å². The first-order valence-corrected chi connectivity index (χ1v) is 8.28. The highest BCUT2D eigenvalue weighted by Gasteiger charge is 2.05. The second kappa shape index (κ2) is 8.34. The summed E-state index contributed by atoms with van der Waals surface area (Å²) in [5, 5.41) is 2.96. The standard InChI is InChI=1S/C21H26N2O/c1-16(2)5-6-17-7-11-19(12-8-17)21(24)22-15-18-9-13-20(14-10-18)23(3)4/h5-14,16H,15H2,1-4H3,(H,22,24)/b6-5+. The minimum Gasteiger partial charge on any atom is -0.378 e. The Labute approximate surface area is 145 Å². The SMILES string of the molecule is CC(C)/C=C/c1ccc(C(=O)NCc2ccc(N(C)C)cc2)cc1. The molecule has 0 aliphatic carbocycles. The zero-order chi connectivity index (χ0) is 17.5. The van der Waals surface area contributed by atoms with Crippen molar-refractivity contribution in [2.24, 2.45) is 5.92 Å². The van der Waals surface area contributed by atoms with Crippen LogP contribution in [0.2, 0.25) is 0 Å². The topological polar surface area (TPSA) is 32.3 Å². The molecule has 2 aromatic rings. The third-order valence-corrected chi connectivity index (χ3v) is 3.75. The van der Waals surface area contributed by atoms with Gasteiger partial charge in [-0.3, -0.25) is 4.79 Å². The summed E-state index contributed by atoms with van der Waals surface area (Å²) in [6, 6.07) is 15.9. The van der Waals surface area contributed by atoms with Gasteiger partial charge in [-0.15, -0.1) is 0 Å². The van der Waals surface area contributed by atoms with Crippen molar-refractivity contribution in [3.63, 3.8) is 0 Å². The Morgan fingerprint density at radius 2 is 1.67 bits per heavy atom. The van der Waals surface area contributed by atoms with Gasteiger partial charge < -0.3 is 10.2 Å². The fourth-order valence-electron chi connectivity index (χ4n) is 2.25. The van der Waals surface area contributed by atoms with Gasteiger partial charge in [-0.25, -0.2) is 0 Å². The van der Waals surface area contributed by atoms with E-state index in [0.717, 1.165) is 16.8 Å². The third kappa shape index (κ3) is 5.27. The summed E-state index contributed by atoms with van der Waals surface area (Å²) in [5.41, 5.74) is 4.03. The van der Waals surface area contributed by atoms with Crippen LogP contribution >= 0.6 is 0 Å². The van der Waals surface area contributed by atoms with Crippen LogP contribution in [0.15, 0.2) is 54.6 Å². The predicted octanol–water partition coefficient (Wildman–Crippen LogP) is 4.35. The highest BCUT2D eigenvalue weighted by molar-refractivity contribution is 5.94. The fourth-order valence-corrected chi connectivity index (χ4v) is 2.25. The largest absolute Gasteiger partial charge is 0.378 e. The number of allylic oxidation sites excluding steroid dienone is 1. The van der Waals surface area contributed by atoms with E-state index < -0.39 is 0 Å². The summed E-state index contributed by atoms with van der Waals surface area (Å²) in [4.78, 5) is 14.3. The Hall–Kier alpha value is -2.55. The maximum atomic E-state index is 12.2. The second-order valence-corrected chi connectivity index (χ2v) is 6.47. The summed E-state index contributed by atoms with van der Waals surface area (Å²) in [6.45, 7) is 4.81. The molecule has 0 bridgehead atoms. The van der Waals surface area contributed by atoms with E-state index in [1.54, 1.807) is 0 Å². The predicted molar refractivity (Wildman–Crippen MR) is 102 cm³/mol. The van der Waals surface area contributed by atoms with Gasteiger partial charge in [0, 0.05) is 31.9 Å². The van der Waals surface area contributed by atoms with Crippen molar-refractivity contribution in [3.8, 4) is 0 Å². The van der Waals surface area contributed by atoms with Gasteiger partial charge in [0.15, 0.2) is 0 Å². The average Bonchev–Trinajstić information content (AvgIpc) is 2.58. The number of hydrogen-bond acceptors (Lipinski definition) is 2. The van der Waals surface area contributed by atoms with E-state index >= 15 is 0 Å². The Morgan fingerprint density at radius 1 is 1.04 bits per heavy atom. The van der Waals surface area contributed by atoms with Crippen molar-refractivity contribution in [3.05, 3.63) is 71.3 Å². The molecular weight excluding hydrogens is 296 g/mol. The lowest BCUT2D eigenvalue weighted by Crippen LogP contribution is -2.22. The van der Waals surface area contributed by atoms with E-state index in [-0.39, 0.29) is 5.91 Å². The van der Waals surface area contributed by atoms with Crippen LogP contribution in [0.5, 0.6) is 0 Å². The molecule has 1 N–H and O–H groups in total. The minimum absolute atomic E-state index is 0.0499. The number of carbonyl (C=O) groups is 1. The number of carbonyl (C=O) groups excluding carboxylic acids is 1.